The van der Waals surface area contributed by atoms with Crippen LogP contribution in [0.2, 0.25) is 0 Å². The van der Waals surface area contributed by atoms with Gasteiger partial charge in [-0.25, -0.2) is 0 Å². The Morgan fingerprint density at radius 1 is 1.36 bits per heavy atom. The Labute approximate surface area is 148 Å². The van der Waals surface area contributed by atoms with E-state index in [0.29, 0.717) is 18.7 Å². The summed E-state index contributed by atoms with van der Waals surface area (Å²) >= 11 is 0. The van der Waals surface area contributed by atoms with Crippen molar-refractivity contribution in [1.82, 2.24) is 4.90 Å². The standard InChI is InChI=1S/C20H23N3O2/c1-4-18(24)23-9-5-6-14(11-23)22-17-8-7-15(20(21)25)16-10-12(2)13(3)19(16)17/h1,7-8,14,22H,5-6,9-11H2,2-3H3,(H2,21,25). The molecule has 0 saturated carbocycles. The van der Waals surface area contributed by atoms with Crippen LogP contribution in [0.5, 0.6) is 0 Å². The Bertz CT molecular complexity index is 817. The zero-order chi connectivity index (χ0) is 18.1. The minimum Gasteiger partial charge on any atom is -0.380 e. The Hall–Kier alpha value is -2.74. The first-order valence-corrected chi connectivity index (χ1v) is 8.56. The Morgan fingerprint density at radius 3 is 2.80 bits per heavy atom. The first kappa shape index (κ1) is 17.1. The van der Waals surface area contributed by atoms with Crippen molar-refractivity contribution in [3.8, 4) is 12.3 Å². The number of terminal acetylenes is 1. The van der Waals surface area contributed by atoms with Crippen LogP contribution in [0.25, 0.3) is 5.57 Å². The van der Waals surface area contributed by atoms with Gasteiger partial charge in [0.1, 0.15) is 0 Å². The van der Waals surface area contributed by atoms with E-state index in [1.165, 1.54) is 11.1 Å². The summed E-state index contributed by atoms with van der Waals surface area (Å²) in [5.74, 6) is 1.54. The Morgan fingerprint density at radius 2 is 2.12 bits per heavy atom. The van der Waals surface area contributed by atoms with Crippen LogP contribution in [0.1, 0.15) is 48.2 Å². The summed E-state index contributed by atoms with van der Waals surface area (Å²) < 4.78 is 0. The minimum absolute atomic E-state index is 0.142. The molecule has 0 bridgehead atoms. The van der Waals surface area contributed by atoms with Crippen LogP contribution in [0, 0.1) is 12.3 Å². The van der Waals surface area contributed by atoms with E-state index in [1.807, 2.05) is 6.07 Å². The molecular weight excluding hydrogens is 314 g/mol. The first-order chi connectivity index (χ1) is 11.9. The van der Waals surface area contributed by atoms with Crippen molar-refractivity contribution in [1.29, 1.82) is 0 Å². The normalized spacial score (nSPS) is 19.4. The number of allylic oxidation sites excluding steroid dienone is 2. The predicted octanol–water partition coefficient (Wildman–Crippen LogP) is 2.17. The van der Waals surface area contributed by atoms with Gasteiger partial charge in [0.25, 0.3) is 5.91 Å². The highest BCUT2D eigenvalue weighted by molar-refractivity contribution is 5.99. The number of carbonyl (C=O) groups is 2. The van der Waals surface area contributed by atoms with Gasteiger partial charge in [0.15, 0.2) is 0 Å². The molecule has 5 nitrogen and oxygen atoms in total. The maximum atomic E-state index is 11.8. The summed E-state index contributed by atoms with van der Waals surface area (Å²) in [6.45, 7) is 5.46. The van der Waals surface area contributed by atoms with E-state index in [1.54, 1.807) is 11.0 Å². The number of piperidine rings is 1. The lowest BCUT2D eigenvalue weighted by Crippen LogP contribution is -2.44. The van der Waals surface area contributed by atoms with E-state index < -0.39 is 5.91 Å². The summed E-state index contributed by atoms with van der Waals surface area (Å²) in [6, 6.07) is 3.86. The molecule has 2 aliphatic rings. The third-order valence-corrected chi connectivity index (χ3v) is 5.23. The number of benzene rings is 1. The van der Waals surface area contributed by atoms with Gasteiger partial charge in [0, 0.05) is 35.9 Å². The van der Waals surface area contributed by atoms with Gasteiger partial charge in [-0.2, -0.15) is 0 Å². The highest BCUT2D eigenvalue weighted by Crippen LogP contribution is 2.39. The third kappa shape index (κ3) is 3.12. The molecule has 1 saturated heterocycles. The van der Waals surface area contributed by atoms with Gasteiger partial charge in [0.05, 0.1) is 0 Å². The summed E-state index contributed by atoms with van der Waals surface area (Å²) in [4.78, 5) is 25.2. The Kier molecular flexibility index (Phi) is 4.54. The molecule has 5 heteroatoms. The van der Waals surface area contributed by atoms with Gasteiger partial charge in [-0.15, -0.1) is 6.42 Å². The molecule has 0 aromatic heterocycles. The zero-order valence-electron chi connectivity index (χ0n) is 14.7. The molecule has 1 aliphatic heterocycles. The predicted molar refractivity (Wildman–Crippen MR) is 99.0 cm³/mol. The molecule has 1 fully saturated rings. The number of likely N-dealkylation sites (tertiary alicyclic amines) is 1. The topological polar surface area (TPSA) is 75.4 Å². The number of nitrogens with two attached hydrogens (primary N) is 1. The lowest BCUT2D eigenvalue weighted by Gasteiger charge is -2.33. The number of nitrogens with zero attached hydrogens (tertiary/aromatic N) is 1. The number of anilines is 1. The lowest BCUT2D eigenvalue weighted by atomic mass is 9.96. The highest BCUT2D eigenvalue weighted by atomic mass is 16.2. The van der Waals surface area contributed by atoms with Gasteiger partial charge in [0.2, 0.25) is 5.91 Å². The van der Waals surface area contributed by atoms with Crippen LogP contribution in [0.15, 0.2) is 17.7 Å². The molecule has 25 heavy (non-hydrogen) atoms. The molecule has 130 valence electrons. The van der Waals surface area contributed by atoms with Crippen molar-refractivity contribution >= 4 is 23.1 Å². The molecule has 1 aromatic rings. The largest absolute Gasteiger partial charge is 0.380 e. The average molecular weight is 337 g/mol. The fraction of sp³-hybridized carbons (Fsp3) is 0.400. The maximum absolute atomic E-state index is 11.8. The highest BCUT2D eigenvalue weighted by Gasteiger charge is 2.27. The monoisotopic (exact) mass is 337 g/mol. The number of primary amides is 1. The van der Waals surface area contributed by atoms with Crippen molar-refractivity contribution in [2.45, 2.75) is 39.2 Å². The number of hydrogen-bond donors (Lipinski definition) is 2. The van der Waals surface area contributed by atoms with Crippen LogP contribution in [0.3, 0.4) is 0 Å². The van der Waals surface area contributed by atoms with Crippen molar-refractivity contribution in [2.75, 3.05) is 18.4 Å². The van der Waals surface area contributed by atoms with E-state index in [2.05, 4.69) is 25.1 Å². The summed E-state index contributed by atoms with van der Waals surface area (Å²) in [5.41, 5.74) is 11.6. The number of nitrogens with one attached hydrogen (secondary N) is 1. The first-order valence-electron chi connectivity index (χ1n) is 8.56. The number of amides is 2. The second-order valence-electron chi connectivity index (χ2n) is 6.84. The van der Waals surface area contributed by atoms with Crippen LogP contribution in [-0.2, 0) is 11.2 Å². The lowest BCUT2D eigenvalue weighted by molar-refractivity contribution is -0.126. The fourth-order valence-electron chi connectivity index (χ4n) is 3.81. The van der Waals surface area contributed by atoms with Crippen LogP contribution in [-0.4, -0.2) is 35.8 Å². The van der Waals surface area contributed by atoms with E-state index in [0.717, 1.165) is 36.1 Å². The molecule has 1 aliphatic carbocycles. The van der Waals surface area contributed by atoms with E-state index in [4.69, 9.17) is 12.2 Å². The van der Waals surface area contributed by atoms with Gasteiger partial charge in [-0.3, -0.25) is 9.59 Å². The van der Waals surface area contributed by atoms with Crippen molar-refractivity contribution < 1.29 is 9.59 Å². The molecule has 1 atom stereocenters. The van der Waals surface area contributed by atoms with Gasteiger partial charge in [-0.1, -0.05) is 5.57 Å². The fourth-order valence-corrected chi connectivity index (χ4v) is 3.81. The molecular formula is C20H23N3O2. The van der Waals surface area contributed by atoms with Crippen molar-refractivity contribution in [3.05, 3.63) is 34.4 Å². The maximum Gasteiger partial charge on any atom is 0.298 e. The molecule has 1 heterocycles. The van der Waals surface area contributed by atoms with Gasteiger partial charge >= 0.3 is 0 Å². The molecule has 0 radical (unpaired) electrons. The molecule has 1 unspecified atom stereocenters. The average Bonchev–Trinajstić information content (AvgIpc) is 2.90. The number of carbonyl (C=O) groups excluding carboxylic acids is 2. The third-order valence-electron chi connectivity index (χ3n) is 5.23. The second-order valence-corrected chi connectivity index (χ2v) is 6.84. The number of hydrogen-bond acceptors (Lipinski definition) is 3. The quantitative estimate of drug-likeness (QED) is 0.830. The summed E-state index contributed by atoms with van der Waals surface area (Å²) in [6.07, 6.45) is 7.88. The zero-order valence-corrected chi connectivity index (χ0v) is 14.7. The molecule has 3 rings (SSSR count). The molecule has 1 aromatic carbocycles. The molecule has 3 N–H and O–H groups in total. The number of fused-ring (bicyclic) bond motifs is 1. The molecule has 0 spiro atoms. The van der Waals surface area contributed by atoms with Crippen molar-refractivity contribution in [3.63, 3.8) is 0 Å². The summed E-state index contributed by atoms with van der Waals surface area (Å²) in [5, 5.41) is 3.56. The van der Waals surface area contributed by atoms with E-state index in [-0.39, 0.29) is 11.9 Å². The van der Waals surface area contributed by atoms with Gasteiger partial charge < -0.3 is 16.0 Å². The second kappa shape index (κ2) is 6.64. The van der Waals surface area contributed by atoms with E-state index in [9.17, 15) is 9.59 Å². The van der Waals surface area contributed by atoms with E-state index >= 15 is 0 Å². The van der Waals surface area contributed by atoms with Crippen molar-refractivity contribution in [2.24, 2.45) is 5.73 Å². The smallest absolute Gasteiger partial charge is 0.298 e. The Balaban J connectivity index is 1.89. The van der Waals surface area contributed by atoms with Gasteiger partial charge in [-0.05, 0) is 62.3 Å². The summed E-state index contributed by atoms with van der Waals surface area (Å²) in [7, 11) is 0. The van der Waals surface area contributed by atoms with Crippen LogP contribution >= 0.6 is 0 Å². The molecule has 2 amide bonds. The van der Waals surface area contributed by atoms with Crippen LogP contribution < -0.4 is 11.1 Å². The van der Waals surface area contributed by atoms with Crippen LogP contribution in [0.4, 0.5) is 5.69 Å². The minimum atomic E-state index is -0.395. The number of rotatable bonds is 3. The SMILES string of the molecule is C#CC(=O)N1CCCC(Nc2ccc(C(N)=O)c3c2C(C)=C(C)C3)C1.